The maximum atomic E-state index is 12.0. The number of carboxylic acid groups (broad SMARTS) is 1. The highest BCUT2D eigenvalue weighted by Crippen LogP contribution is 2.41. The molecule has 0 atom stereocenters. The van der Waals surface area contributed by atoms with Crippen LogP contribution in [-0.4, -0.2) is 52.4 Å². The van der Waals surface area contributed by atoms with Crippen molar-refractivity contribution in [3.63, 3.8) is 0 Å². The number of benzene rings is 2. The second-order valence-corrected chi connectivity index (χ2v) is 8.16. The summed E-state index contributed by atoms with van der Waals surface area (Å²) in [7, 11) is 6.04. The van der Waals surface area contributed by atoms with E-state index in [1.165, 1.54) is 14.2 Å². The van der Waals surface area contributed by atoms with E-state index in [0.29, 0.717) is 29.1 Å². The number of methoxy groups -OCH3 is 4. The number of allylic oxidation sites excluding steroid dienone is 2. The molecule has 0 fully saturated rings. The zero-order valence-electron chi connectivity index (χ0n) is 19.8. The molecule has 8 nitrogen and oxygen atoms in total. The zero-order valence-corrected chi connectivity index (χ0v) is 20.6. The lowest BCUT2D eigenvalue weighted by atomic mass is 10.00. The number of carbonyl (C=O) groups excluding carboxylic acids is 1. The van der Waals surface area contributed by atoms with Gasteiger partial charge in [-0.3, -0.25) is 4.79 Å². The van der Waals surface area contributed by atoms with Crippen LogP contribution >= 0.6 is 11.3 Å². The van der Waals surface area contributed by atoms with Crippen molar-refractivity contribution in [1.29, 1.82) is 0 Å². The number of carboxylic acids is 1. The van der Waals surface area contributed by atoms with Gasteiger partial charge >= 0.3 is 5.97 Å². The third-order valence-corrected chi connectivity index (χ3v) is 6.10. The Balaban J connectivity index is 2.01. The molecule has 0 unspecified atom stereocenters. The van der Waals surface area contributed by atoms with Crippen LogP contribution in [0, 0.1) is 0 Å². The van der Waals surface area contributed by atoms with E-state index in [4.69, 9.17) is 28.8 Å². The molecule has 0 bridgehead atoms. The fourth-order valence-electron chi connectivity index (χ4n) is 3.53. The van der Waals surface area contributed by atoms with Crippen LogP contribution in [0.1, 0.15) is 11.1 Å². The number of ether oxygens (including phenoxy) is 5. The highest BCUT2D eigenvalue weighted by molar-refractivity contribution is 7.13. The van der Waals surface area contributed by atoms with Gasteiger partial charge in [0.05, 0.1) is 28.4 Å². The lowest BCUT2D eigenvalue weighted by molar-refractivity contribution is -0.139. The number of aldehydes is 1. The van der Waals surface area contributed by atoms with Crippen molar-refractivity contribution in [1.82, 2.24) is 0 Å². The SMILES string of the molecule is COc1cc(OC)c(-c2cccs2)cc1CC=C(C=O)c1cc(OC)c(OCC(=O)O)c(OC)c1. The van der Waals surface area contributed by atoms with Gasteiger partial charge in [0.2, 0.25) is 5.75 Å². The minimum Gasteiger partial charge on any atom is -0.496 e. The molecule has 2 aromatic carbocycles. The van der Waals surface area contributed by atoms with Crippen molar-refractivity contribution in [3.8, 4) is 39.2 Å². The average Bonchev–Trinajstić information content (AvgIpc) is 3.41. The van der Waals surface area contributed by atoms with Crippen LogP contribution in [0.5, 0.6) is 28.7 Å². The number of carbonyl (C=O) groups is 2. The Morgan fingerprint density at radius 1 is 0.943 bits per heavy atom. The maximum Gasteiger partial charge on any atom is 0.341 e. The molecule has 0 saturated carbocycles. The van der Waals surface area contributed by atoms with E-state index in [2.05, 4.69) is 0 Å². The summed E-state index contributed by atoms with van der Waals surface area (Å²) >= 11 is 1.60. The minimum atomic E-state index is -1.14. The summed E-state index contributed by atoms with van der Waals surface area (Å²) in [5.74, 6) is 0.826. The molecule has 3 aromatic rings. The number of hydrogen-bond acceptors (Lipinski definition) is 8. The molecule has 0 aliphatic rings. The Kier molecular flexibility index (Phi) is 8.74. The van der Waals surface area contributed by atoms with Crippen molar-refractivity contribution in [2.24, 2.45) is 0 Å². The highest BCUT2D eigenvalue weighted by Gasteiger charge is 2.18. The molecule has 184 valence electrons. The lowest BCUT2D eigenvalue weighted by Crippen LogP contribution is -2.11. The summed E-state index contributed by atoms with van der Waals surface area (Å²) in [5.41, 5.74) is 2.73. The van der Waals surface area contributed by atoms with Gasteiger partial charge in [-0.25, -0.2) is 4.79 Å². The molecular weight excluding hydrogens is 472 g/mol. The fraction of sp³-hybridized carbons (Fsp3) is 0.231. The van der Waals surface area contributed by atoms with Gasteiger partial charge in [0.1, 0.15) is 17.8 Å². The van der Waals surface area contributed by atoms with Crippen LogP contribution in [0.25, 0.3) is 16.0 Å². The molecule has 0 spiro atoms. The first-order valence-corrected chi connectivity index (χ1v) is 11.4. The smallest absolute Gasteiger partial charge is 0.341 e. The largest absolute Gasteiger partial charge is 0.496 e. The first kappa shape index (κ1) is 25.6. The molecule has 0 aliphatic heterocycles. The van der Waals surface area contributed by atoms with Crippen LogP contribution in [0.15, 0.2) is 47.9 Å². The number of thiophene rings is 1. The summed E-state index contributed by atoms with van der Waals surface area (Å²) in [4.78, 5) is 24.0. The molecule has 35 heavy (non-hydrogen) atoms. The number of rotatable bonds is 12. The zero-order chi connectivity index (χ0) is 25.4. The third kappa shape index (κ3) is 5.93. The van der Waals surface area contributed by atoms with Crippen LogP contribution in [-0.2, 0) is 16.0 Å². The second kappa shape index (κ2) is 11.9. The van der Waals surface area contributed by atoms with Gasteiger partial charge in [0, 0.05) is 22.1 Å². The maximum absolute atomic E-state index is 12.0. The van der Waals surface area contributed by atoms with Gasteiger partial charge in [-0.05, 0) is 47.2 Å². The van der Waals surface area contributed by atoms with E-state index >= 15 is 0 Å². The molecule has 1 aromatic heterocycles. The van der Waals surface area contributed by atoms with Crippen LogP contribution in [0.2, 0.25) is 0 Å². The van der Waals surface area contributed by atoms with Gasteiger partial charge in [0.25, 0.3) is 0 Å². The van der Waals surface area contributed by atoms with Crippen molar-refractivity contribution >= 4 is 29.2 Å². The monoisotopic (exact) mass is 498 g/mol. The predicted molar refractivity (Wildman–Crippen MR) is 133 cm³/mol. The topological polar surface area (TPSA) is 101 Å². The summed E-state index contributed by atoms with van der Waals surface area (Å²) in [6.07, 6.45) is 2.92. The van der Waals surface area contributed by atoms with Gasteiger partial charge in [-0.1, -0.05) is 12.1 Å². The third-order valence-electron chi connectivity index (χ3n) is 5.19. The molecule has 3 rings (SSSR count). The number of aliphatic carboxylic acids is 1. The van der Waals surface area contributed by atoms with Gasteiger partial charge in [0.15, 0.2) is 18.1 Å². The fourth-order valence-corrected chi connectivity index (χ4v) is 4.27. The van der Waals surface area contributed by atoms with Crippen LogP contribution < -0.4 is 23.7 Å². The Hall–Kier alpha value is -3.98. The molecule has 9 heteroatoms. The molecule has 1 N–H and O–H groups in total. The van der Waals surface area contributed by atoms with Crippen LogP contribution in [0.4, 0.5) is 0 Å². The lowest BCUT2D eigenvalue weighted by Gasteiger charge is -2.16. The van der Waals surface area contributed by atoms with Gasteiger partial charge in [-0.2, -0.15) is 0 Å². The van der Waals surface area contributed by atoms with Gasteiger partial charge < -0.3 is 28.8 Å². The average molecular weight is 499 g/mol. The second-order valence-electron chi connectivity index (χ2n) is 7.22. The Labute approximate surface area is 207 Å². The van der Waals surface area contributed by atoms with Crippen molar-refractivity contribution < 1.29 is 38.4 Å². The first-order valence-electron chi connectivity index (χ1n) is 10.5. The molecule has 0 amide bonds. The Bertz CT molecular complexity index is 1190. The minimum absolute atomic E-state index is 0.142. The highest BCUT2D eigenvalue weighted by atomic mass is 32.1. The molecule has 1 heterocycles. The molecule has 0 saturated heterocycles. The van der Waals surface area contributed by atoms with Crippen molar-refractivity contribution in [2.75, 3.05) is 35.0 Å². The molecule has 0 radical (unpaired) electrons. The van der Waals surface area contributed by atoms with Crippen LogP contribution in [0.3, 0.4) is 0 Å². The first-order chi connectivity index (χ1) is 16.9. The standard InChI is InChI=1S/C26H26O8S/c1-30-20-13-21(31-2)19(24-6-5-9-35-24)10-16(20)7-8-17(14-27)18-11-22(32-3)26(23(12-18)33-4)34-15-25(28)29/h5-6,8-14H,7,15H2,1-4H3,(H,28,29). The van der Waals surface area contributed by atoms with Gasteiger partial charge in [-0.15, -0.1) is 11.3 Å². The molecular formula is C26H26O8S. The Morgan fingerprint density at radius 2 is 1.60 bits per heavy atom. The van der Waals surface area contributed by atoms with E-state index in [9.17, 15) is 9.59 Å². The van der Waals surface area contributed by atoms with E-state index in [-0.39, 0.29) is 17.2 Å². The van der Waals surface area contributed by atoms with E-state index in [1.54, 1.807) is 43.8 Å². The normalized spacial score (nSPS) is 11.0. The summed E-state index contributed by atoms with van der Waals surface area (Å²) < 4.78 is 27.2. The summed E-state index contributed by atoms with van der Waals surface area (Å²) in [6.45, 7) is -0.563. The van der Waals surface area contributed by atoms with Crippen molar-refractivity contribution in [2.45, 2.75) is 6.42 Å². The van der Waals surface area contributed by atoms with Crippen molar-refractivity contribution in [3.05, 3.63) is 59.0 Å². The predicted octanol–water partition coefficient (Wildman–Crippen LogP) is 4.74. The number of hydrogen-bond donors (Lipinski definition) is 1. The quantitative estimate of drug-likeness (QED) is 0.282. The summed E-state index contributed by atoms with van der Waals surface area (Å²) in [6, 6.07) is 11.0. The van der Waals surface area contributed by atoms with E-state index in [1.807, 2.05) is 29.6 Å². The van der Waals surface area contributed by atoms with E-state index < -0.39 is 12.6 Å². The van der Waals surface area contributed by atoms with E-state index in [0.717, 1.165) is 22.3 Å². The molecule has 0 aliphatic carbocycles. The summed E-state index contributed by atoms with van der Waals surface area (Å²) in [5, 5.41) is 10.9. The Morgan fingerprint density at radius 3 is 2.11 bits per heavy atom.